The fraction of sp³-hybridized carbons (Fsp3) is 0.769. The maximum absolute atomic E-state index is 11.7. The predicted octanol–water partition coefficient (Wildman–Crippen LogP) is 2.73. The minimum absolute atomic E-state index is 0.189. The highest BCUT2D eigenvalue weighted by molar-refractivity contribution is 8.17. The number of likely N-dealkylation sites (tertiary alicyclic amines) is 1. The molecule has 0 atom stereocenters. The zero-order valence-electron chi connectivity index (χ0n) is 10.9. The molecule has 0 N–H and O–H groups in total. The Morgan fingerprint density at radius 3 is 2.56 bits per heavy atom. The number of carbonyl (C=O) groups is 1. The maximum atomic E-state index is 11.7. The summed E-state index contributed by atoms with van der Waals surface area (Å²) in [5, 5.41) is 0. The lowest BCUT2D eigenvalue weighted by molar-refractivity contribution is -0.137. The molecule has 0 radical (unpaired) electrons. The Labute approximate surface area is 118 Å². The number of thioether (sulfide) groups is 2. The molecule has 2 saturated heterocycles. The number of hydrogen-bond acceptors (Lipinski definition) is 5. The Balaban J connectivity index is 2.07. The van der Waals surface area contributed by atoms with E-state index in [4.69, 9.17) is 4.74 Å². The van der Waals surface area contributed by atoms with Gasteiger partial charge in [-0.25, -0.2) is 4.79 Å². The van der Waals surface area contributed by atoms with Gasteiger partial charge in [0.2, 0.25) is 0 Å². The molecule has 0 bridgehead atoms. The summed E-state index contributed by atoms with van der Waals surface area (Å²) in [7, 11) is 0. The average molecular weight is 287 g/mol. The SMILES string of the molecule is CCOC(=O)/C=C(\C1SCCCS1)N1CCCC1. The molecule has 0 aromatic carbocycles. The van der Waals surface area contributed by atoms with Crippen LogP contribution in [-0.4, -0.2) is 46.7 Å². The summed E-state index contributed by atoms with van der Waals surface area (Å²) in [6.45, 7) is 4.48. The van der Waals surface area contributed by atoms with Crippen molar-refractivity contribution in [1.82, 2.24) is 4.90 Å². The highest BCUT2D eigenvalue weighted by Crippen LogP contribution is 2.38. The summed E-state index contributed by atoms with van der Waals surface area (Å²) in [5.41, 5.74) is 1.18. The van der Waals surface area contributed by atoms with Crippen molar-refractivity contribution in [3.8, 4) is 0 Å². The van der Waals surface area contributed by atoms with Crippen LogP contribution in [0.5, 0.6) is 0 Å². The van der Waals surface area contributed by atoms with Gasteiger partial charge < -0.3 is 9.64 Å². The maximum Gasteiger partial charge on any atom is 0.332 e. The van der Waals surface area contributed by atoms with Gasteiger partial charge in [0.1, 0.15) is 0 Å². The molecule has 0 spiro atoms. The Kier molecular flexibility index (Phi) is 5.76. The molecule has 2 fully saturated rings. The summed E-state index contributed by atoms with van der Waals surface area (Å²) in [6, 6.07) is 0. The van der Waals surface area contributed by atoms with E-state index in [0.717, 1.165) is 13.1 Å². The first kappa shape index (κ1) is 14.1. The molecule has 102 valence electrons. The molecule has 2 heterocycles. The van der Waals surface area contributed by atoms with Crippen LogP contribution in [0.1, 0.15) is 26.2 Å². The van der Waals surface area contributed by atoms with Crippen molar-refractivity contribution >= 4 is 29.5 Å². The molecular formula is C13H21NO2S2. The molecule has 2 aliphatic rings. The lowest BCUT2D eigenvalue weighted by Crippen LogP contribution is -2.27. The van der Waals surface area contributed by atoms with Gasteiger partial charge in [-0.05, 0) is 37.7 Å². The molecule has 2 rings (SSSR count). The van der Waals surface area contributed by atoms with Crippen LogP contribution in [0.2, 0.25) is 0 Å². The first-order valence-corrected chi connectivity index (χ1v) is 8.77. The van der Waals surface area contributed by atoms with Crippen LogP contribution in [0.25, 0.3) is 0 Å². The molecule has 5 heteroatoms. The van der Waals surface area contributed by atoms with Gasteiger partial charge in [0.25, 0.3) is 0 Å². The number of hydrogen-bond donors (Lipinski definition) is 0. The van der Waals surface area contributed by atoms with Crippen molar-refractivity contribution in [2.24, 2.45) is 0 Å². The van der Waals surface area contributed by atoms with Crippen molar-refractivity contribution in [2.45, 2.75) is 30.8 Å². The lowest BCUT2D eigenvalue weighted by Gasteiger charge is -2.30. The van der Waals surface area contributed by atoms with E-state index in [0.29, 0.717) is 11.2 Å². The van der Waals surface area contributed by atoms with E-state index in [2.05, 4.69) is 4.90 Å². The van der Waals surface area contributed by atoms with E-state index >= 15 is 0 Å². The number of esters is 1. The van der Waals surface area contributed by atoms with Crippen LogP contribution in [0.4, 0.5) is 0 Å². The van der Waals surface area contributed by atoms with Crippen molar-refractivity contribution < 1.29 is 9.53 Å². The van der Waals surface area contributed by atoms with Crippen molar-refractivity contribution in [3.05, 3.63) is 11.8 Å². The van der Waals surface area contributed by atoms with Gasteiger partial charge >= 0.3 is 5.97 Å². The van der Waals surface area contributed by atoms with Crippen LogP contribution in [0.15, 0.2) is 11.8 Å². The highest BCUT2D eigenvalue weighted by Gasteiger charge is 2.26. The third-order valence-electron chi connectivity index (χ3n) is 3.09. The third-order valence-corrected chi connectivity index (χ3v) is 6.05. The lowest BCUT2D eigenvalue weighted by atomic mass is 10.4. The number of carbonyl (C=O) groups excluding carboxylic acids is 1. The van der Waals surface area contributed by atoms with Gasteiger partial charge in [-0.1, -0.05) is 0 Å². The second kappa shape index (κ2) is 7.34. The molecule has 0 aromatic heterocycles. The normalized spacial score (nSPS) is 22.3. The quantitative estimate of drug-likeness (QED) is 0.586. The number of rotatable bonds is 4. The monoisotopic (exact) mass is 287 g/mol. The van der Waals surface area contributed by atoms with Gasteiger partial charge in [-0.3, -0.25) is 0 Å². The van der Waals surface area contributed by atoms with E-state index in [1.807, 2.05) is 30.4 Å². The third kappa shape index (κ3) is 3.85. The van der Waals surface area contributed by atoms with Crippen LogP contribution < -0.4 is 0 Å². The van der Waals surface area contributed by atoms with Gasteiger partial charge in [-0.2, -0.15) is 0 Å². The zero-order valence-corrected chi connectivity index (χ0v) is 12.5. The molecule has 0 amide bonds. The number of nitrogens with zero attached hydrogens (tertiary/aromatic N) is 1. The molecule has 18 heavy (non-hydrogen) atoms. The standard InChI is InChI=1S/C13H21NO2S2/c1-2-16-12(15)10-11(14-6-3-4-7-14)13-17-8-5-9-18-13/h10,13H,2-9H2,1H3/b11-10+. The summed E-state index contributed by atoms with van der Waals surface area (Å²) < 4.78 is 5.48. The zero-order chi connectivity index (χ0) is 12.8. The summed E-state index contributed by atoms with van der Waals surface area (Å²) in [6.07, 6.45) is 5.48. The van der Waals surface area contributed by atoms with Crippen molar-refractivity contribution in [1.29, 1.82) is 0 Å². The smallest absolute Gasteiger partial charge is 0.332 e. The van der Waals surface area contributed by atoms with Crippen LogP contribution in [0.3, 0.4) is 0 Å². The molecule has 3 nitrogen and oxygen atoms in total. The van der Waals surface area contributed by atoms with E-state index in [-0.39, 0.29) is 5.97 Å². The summed E-state index contributed by atoms with van der Waals surface area (Å²) >= 11 is 3.93. The van der Waals surface area contributed by atoms with E-state index in [1.165, 1.54) is 36.5 Å². The minimum atomic E-state index is -0.189. The molecule has 0 aromatic rings. The Bertz CT molecular complexity index is 308. The summed E-state index contributed by atoms with van der Waals surface area (Å²) in [5.74, 6) is 2.21. The molecule has 0 unspecified atom stereocenters. The molecule has 0 saturated carbocycles. The molecule has 0 aliphatic carbocycles. The topological polar surface area (TPSA) is 29.5 Å². The Morgan fingerprint density at radius 2 is 1.94 bits per heavy atom. The van der Waals surface area contributed by atoms with E-state index < -0.39 is 0 Å². The average Bonchev–Trinajstić information content (AvgIpc) is 2.91. The number of ether oxygens (including phenoxy) is 1. The van der Waals surface area contributed by atoms with Crippen molar-refractivity contribution in [2.75, 3.05) is 31.2 Å². The van der Waals surface area contributed by atoms with Gasteiger partial charge in [0, 0.05) is 24.9 Å². The Hall–Kier alpha value is -0.290. The van der Waals surface area contributed by atoms with E-state index in [9.17, 15) is 4.79 Å². The molecular weight excluding hydrogens is 266 g/mol. The van der Waals surface area contributed by atoms with Crippen LogP contribution in [-0.2, 0) is 9.53 Å². The molecule has 2 aliphatic heterocycles. The van der Waals surface area contributed by atoms with Crippen LogP contribution in [0, 0.1) is 0 Å². The Morgan fingerprint density at radius 1 is 1.28 bits per heavy atom. The first-order chi connectivity index (χ1) is 8.81. The van der Waals surface area contributed by atoms with E-state index in [1.54, 1.807) is 6.08 Å². The first-order valence-electron chi connectivity index (χ1n) is 6.67. The minimum Gasteiger partial charge on any atom is -0.463 e. The van der Waals surface area contributed by atoms with Gasteiger partial charge in [-0.15, -0.1) is 23.5 Å². The fourth-order valence-corrected chi connectivity index (χ4v) is 5.22. The second-order valence-electron chi connectivity index (χ2n) is 4.44. The predicted molar refractivity (Wildman–Crippen MR) is 78.8 cm³/mol. The van der Waals surface area contributed by atoms with Gasteiger partial charge in [0.05, 0.1) is 11.2 Å². The highest BCUT2D eigenvalue weighted by atomic mass is 32.2. The van der Waals surface area contributed by atoms with Crippen LogP contribution >= 0.6 is 23.5 Å². The largest absolute Gasteiger partial charge is 0.463 e. The fourth-order valence-electron chi connectivity index (χ4n) is 2.25. The van der Waals surface area contributed by atoms with Crippen molar-refractivity contribution in [3.63, 3.8) is 0 Å². The second-order valence-corrected chi connectivity index (χ2v) is 7.17. The van der Waals surface area contributed by atoms with Gasteiger partial charge in [0.15, 0.2) is 0 Å². The summed E-state index contributed by atoms with van der Waals surface area (Å²) in [4.78, 5) is 14.1.